The molecule has 0 amide bonds. The summed E-state index contributed by atoms with van der Waals surface area (Å²) in [6, 6.07) is 10.5. The van der Waals surface area contributed by atoms with Gasteiger partial charge in [-0.25, -0.2) is 4.98 Å². The molecule has 0 spiro atoms. The van der Waals surface area contributed by atoms with Gasteiger partial charge in [-0.05, 0) is 30.7 Å². The molecule has 3 aromatic rings. The maximum atomic E-state index is 10.7. The predicted octanol–water partition coefficient (Wildman–Crippen LogP) is 3.54. The fourth-order valence-electron chi connectivity index (χ4n) is 3.12. The fraction of sp³-hybridized carbons (Fsp3) is 0.312. The first-order valence-electron chi connectivity index (χ1n) is 6.90. The third-order valence-electron chi connectivity index (χ3n) is 4.24. The molecule has 1 aromatic carbocycles. The summed E-state index contributed by atoms with van der Waals surface area (Å²) in [7, 11) is 0. The van der Waals surface area contributed by atoms with Crippen LogP contribution in [-0.2, 0) is 0 Å². The van der Waals surface area contributed by atoms with Crippen molar-refractivity contribution in [1.29, 1.82) is 0 Å². The Bertz CT molecular complexity index is 746. The number of aliphatic hydroxyl groups excluding tert-OH is 1. The van der Waals surface area contributed by atoms with Gasteiger partial charge in [0.05, 0.1) is 18.0 Å². The normalized spacial score (nSPS) is 23.1. The topological polar surface area (TPSA) is 37.5 Å². The van der Waals surface area contributed by atoms with Gasteiger partial charge in [-0.2, -0.15) is 0 Å². The Hall–Kier alpha value is -1.65. The number of hydrogen-bond acceptors (Lipinski definition) is 3. The lowest BCUT2D eigenvalue weighted by Gasteiger charge is -2.11. The molecule has 1 aliphatic rings. The van der Waals surface area contributed by atoms with Crippen molar-refractivity contribution >= 4 is 16.2 Å². The average molecular weight is 284 g/mol. The van der Waals surface area contributed by atoms with Crippen LogP contribution < -0.4 is 0 Å². The molecule has 1 fully saturated rings. The number of aliphatic hydroxyl groups is 1. The van der Waals surface area contributed by atoms with E-state index in [1.54, 1.807) is 17.7 Å². The van der Waals surface area contributed by atoms with Gasteiger partial charge in [-0.3, -0.25) is 4.40 Å². The Morgan fingerprint density at radius 2 is 2.15 bits per heavy atom. The summed E-state index contributed by atoms with van der Waals surface area (Å²) in [6.45, 7) is 2.08. The molecule has 1 saturated carbocycles. The first-order valence-corrected chi connectivity index (χ1v) is 7.71. The number of aryl methyl sites for hydroxylation is 1. The zero-order chi connectivity index (χ0) is 13.7. The van der Waals surface area contributed by atoms with Crippen molar-refractivity contribution < 1.29 is 5.11 Å². The fourth-order valence-corrected chi connectivity index (χ4v) is 4.11. The van der Waals surface area contributed by atoms with Gasteiger partial charge >= 0.3 is 0 Å². The van der Waals surface area contributed by atoms with Gasteiger partial charge in [0, 0.05) is 4.88 Å². The van der Waals surface area contributed by atoms with Crippen molar-refractivity contribution in [2.24, 2.45) is 5.92 Å². The van der Waals surface area contributed by atoms with E-state index < -0.39 is 6.10 Å². The molecule has 2 heterocycles. The molecule has 0 aliphatic heterocycles. The van der Waals surface area contributed by atoms with Gasteiger partial charge < -0.3 is 5.11 Å². The van der Waals surface area contributed by atoms with Crippen LogP contribution in [0.4, 0.5) is 0 Å². The maximum Gasteiger partial charge on any atom is 0.120 e. The largest absolute Gasteiger partial charge is 0.387 e. The number of rotatable bonds is 3. The lowest BCUT2D eigenvalue weighted by atomic mass is 10.0. The Balaban J connectivity index is 1.64. The van der Waals surface area contributed by atoms with Gasteiger partial charge in [-0.1, -0.05) is 30.3 Å². The number of nitrogens with zero attached hydrogens (tertiary/aromatic N) is 2. The summed E-state index contributed by atoms with van der Waals surface area (Å²) in [5, 5.41) is 10.7. The zero-order valence-corrected chi connectivity index (χ0v) is 12.0. The summed E-state index contributed by atoms with van der Waals surface area (Å²) < 4.78 is 2.03. The minimum absolute atomic E-state index is 0.330. The smallest absolute Gasteiger partial charge is 0.120 e. The van der Waals surface area contributed by atoms with E-state index >= 15 is 0 Å². The van der Waals surface area contributed by atoms with Gasteiger partial charge in [0.2, 0.25) is 0 Å². The van der Waals surface area contributed by atoms with Crippen molar-refractivity contribution in [2.75, 3.05) is 0 Å². The highest BCUT2D eigenvalue weighted by Gasteiger charge is 2.45. The second kappa shape index (κ2) is 4.43. The van der Waals surface area contributed by atoms with E-state index in [4.69, 9.17) is 0 Å². The van der Waals surface area contributed by atoms with E-state index in [-0.39, 0.29) is 0 Å². The van der Waals surface area contributed by atoms with Crippen LogP contribution in [0.5, 0.6) is 0 Å². The van der Waals surface area contributed by atoms with Crippen molar-refractivity contribution in [2.45, 2.75) is 25.4 Å². The maximum absolute atomic E-state index is 10.7. The van der Waals surface area contributed by atoms with Gasteiger partial charge in [0.25, 0.3) is 0 Å². The van der Waals surface area contributed by atoms with E-state index in [1.165, 1.54) is 10.4 Å². The van der Waals surface area contributed by atoms with E-state index in [0.717, 1.165) is 16.9 Å². The highest BCUT2D eigenvalue weighted by Crippen LogP contribution is 2.54. The SMILES string of the molecule is Cc1sc2cncn2c1C(O)[C@H]1C[C@@H]1c1ccccc1. The Morgan fingerprint density at radius 3 is 2.95 bits per heavy atom. The number of imidazole rings is 1. The molecule has 4 rings (SSSR count). The first kappa shape index (κ1) is 12.1. The molecule has 3 nitrogen and oxygen atoms in total. The molecule has 3 atom stereocenters. The van der Waals surface area contributed by atoms with Gasteiger partial charge in [0.1, 0.15) is 11.2 Å². The van der Waals surface area contributed by atoms with Crippen molar-refractivity contribution in [3.63, 3.8) is 0 Å². The van der Waals surface area contributed by atoms with Crippen LogP contribution >= 0.6 is 11.3 Å². The lowest BCUT2D eigenvalue weighted by Crippen LogP contribution is -2.06. The van der Waals surface area contributed by atoms with Crippen LogP contribution in [0.25, 0.3) is 4.83 Å². The molecule has 0 bridgehead atoms. The molecule has 0 saturated heterocycles. The van der Waals surface area contributed by atoms with E-state index in [1.807, 2.05) is 16.7 Å². The molecule has 102 valence electrons. The van der Waals surface area contributed by atoms with E-state index in [9.17, 15) is 5.11 Å². The van der Waals surface area contributed by atoms with E-state index in [2.05, 4.69) is 36.2 Å². The first-order chi connectivity index (χ1) is 9.75. The third kappa shape index (κ3) is 1.79. The predicted molar refractivity (Wildman–Crippen MR) is 80.1 cm³/mol. The number of hydrogen-bond donors (Lipinski definition) is 1. The van der Waals surface area contributed by atoms with Crippen LogP contribution in [0.3, 0.4) is 0 Å². The van der Waals surface area contributed by atoms with Crippen LogP contribution in [0.2, 0.25) is 0 Å². The molecule has 2 aromatic heterocycles. The summed E-state index contributed by atoms with van der Waals surface area (Å²) in [5.41, 5.74) is 2.36. The number of aromatic nitrogens is 2. The molecule has 1 aliphatic carbocycles. The zero-order valence-electron chi connectivity index (χ0n) is 11.2. The van der Waals surface area contributed by atoms with Gasteiger partial charge in [0.15, 0.2) is 0 Å². The number of fused-ring (bicyclic) bond motifs is 1. The van der Waals surface area contributed by atoms with Crippen LogP contribution in [0.1, 0.15) is 34.6 Å². The highest BCUT2D eigenvalue weighted by atomic mass is 32.1. The summed E-state index contributed by atoms with van der Waals surface area (Å²) in [5.74, 6) is 0.820. The summed E-state index contributed by atoms with van der Waals surface area (Å²) in [6.07, 6.45) is 4.33. The number of benzene rings is 1. The molecule has 1 unspecified atom stereocenters. The molecule has 0 radical (unpaired) electrons. The van der Waals surface area contributed by atoms with Crippen molar-refractivity contribution in [3.8, 4) is 0 Å². The van der Waals surface area contributed by atoms with Crippen LogP contribution in [-0.4, -0.2) is 14.5 Å². The second-order valence-electron chi connectivity index (χ2n) is 5.51. The summed E-state index contributed by atoms with van der Waals surface area (Å²) >= 11 is 1.70. The number of thiazole rings is 1. The second-order valence-corrected chi connectivity index (χ2v) is 6.74. The molecular weight excluding hydrogens is 268 g/mol. The molecule has 20 heavy (non-hydrogen) atoms. The molecule has 1 N–H and O–H groups in total. The minimum atomic E-state index is -0.400. The van der Waals surface area contributed by atoms with Crippen molar-refractivity contribution in [1.82, 2.24) is 9.38 Å². The Labute approximate surface area is 121 Å². The monoisotopic (exact) mass is 284 g/mol. The van der Waals surface area contributed by atoms with Gasteiger partial charge in [-0.15, -0.1) is 11.3 Å². The van der Waals surface area contributed by atoms with Crippen LogP contribution in [0.15, 0.2) is 42.9 Å². The van der Waals surface area contributed by atoms with Crippen LogP contribution in [0, 0.1) is 12.8 Å². The van der Waals surface area contributed by atoms with E-state index in [0.29, 0.717) is 11.8 Å². The highest BCUT2D eigenvalue weighted by molar-refractivity contribution is 7.17. The van der Waals surface area contributed by atoms with Crippen molar-refractivity contribution in [3.05, 3.63) is 59.0 Å². The Morgan fingerprint density at radius 1 is 1.35 bits per heavy atom. The minimum Gasteiger partial charge on any atom is -0.387 e. The third-order valence-corrected chi connectivity index (χ3v) is 5.26. The Kier molecular flexibility index (Phi) is 2.69. The lowest BCUT2D eigenvalue weighted by molar-refractivity contribution is 0.145. The average Bonchev–Trinajstić information content (AvgIpc) is 3.05. The molecule has 4 heteroatoms. The molecular formula is C16H16N2OS. The summed E-state index contributed by atoms with van der Waals surface area (Å²) in [4.78, 5) is 6.46. The quantitative estimate of drug-likeness (QED) is 0.798. The standard InChI is InChI=1S/C16H16N2OS/c1-10-15(18-9-17-8-14(18)20-10)16(19)13-7-12(13)11-5-3-2-4-6-11/h2-6,8-9,12-13,16,19H,7H2,1H3/t12-,13+,16?/m1/s1.